The highest BCUT2D eigenvalue weighted by atomic mass is 16.5. The molecule has 0 atom stereocenters. The van der Waals surface area contributed by atoms with Crippen molar-refractivity contribution in [3.63, 3.8) is 0 Å². The molecule has 3 aromatic rings. The maximum Gasteiger partial charge on any atom is 0.186 e. The molecule has 1 N–H and O–H groups in total. The van der Waals surface area contributed by atoms with Gasteiger partial charge in [0.2, 0.25) is 0 Å². The van der Waals surface area contributed by atoms with Gasteiger partial charge in [-0.05, 0) is 67.7 Å². The van der Waals surface area contributed by atoms with Crippen molar-refractivity contribution in [2.24, 2.45) is 5.92 Å². The standard InChI is InChI=1S/C31H34N4O5/c1-4-11-35(18-20-5-6-20)27-9-7-21(14-23(27)24-15-22(36)8-10-28(24)37)34-31-25-16-29(39-3)30(40-13-12-38-2)17-26(25)32-19-33-31/h7-10,14-17,19-20H,4-6,11-13,18H2,1-3H3,(H,32,33,34). The van der Waals surface area contributed by atoms with E-state index in [0.717, 1.165) is 41.8 Å². The van der Waals surface area contributed by atoms with E-state index in [4.69, 9.17) is 14.2 Å². The lowest BCUT2D eigenvalue weighted by atomic mass is 9.93. The highest BCUT2D eigenvalue weighted by Crippen LogP contribution is 2.38. The molecule has 1 heterocycles. The van der Waals surface area contributed by atoms with Crippen molar-refractivity contribution in [1.29, 1.82) is 0 Å². The van der Waals surface area contributed by atoms with E-state index < -0.39 is 0 Å². The Bertz CT molecular complexity index is 1480. The lowest BCUT2D eigenvalue weighted by molar-refractivity contribution is -0.113. The lowest BCUT2D eigenvalue weighted by Gasteiger charge is -2.28. The molecule has 0 saturated heterocycles. The van der Waals surface area contributed by atoms with Crippen molar-refractivity contribution in [2.45, 2.75) is 26.2 Å². The summed E-state index contributed by atoms with van der Waals surface area (Å²) in [6.07, 6.45) is 9.01. The normalized spacial score (nSPS) is 14.8. The van der Waals surface area contributed by atoms with Crippen molar-refractivity contribution in [3.05, 3.63) is 60.5 Å². The zero-order chi connectivity index (χ0) is 28.1. The molecule has 2 aliphatic carbocycles. The van der Waals surface area contributed by atoms with Crippen LogP contribution in [0.1, 0.15) is 31.7 Å². The first-order valence-electron chi connectivity index (χ1n) is 13.6. The van der Waals surface area contributed by atoms with E-state index in [0.29, 0.717) is 47.5 Å². The van der Waals surface area contributed by atoms with Crippen LogP contribution in [0.15, 0.2) is 54.9 Å². The third kappa shape index (κ3) is 6.15. The van der Waals surface area contributed by atoms with Gasteiger partial charge in [0, 0.05) is 54.2 Å². The molecule has 1 aromatic heterocycles. The minimum Gasteiger partial charge on any atom is -0.493 e. The molecule has 0 bridgehead atoms. The highest BCUT2D eigenvalue weighted by molar-refractivity contribution is 6.34. The van der Waals surface area contributed by atoms with Gasteiger partial charge in [-0.15, -0.1) is 0 Å². The maximum atomic E-state index is 12.9. The van der Waals surface area contributed by atoms with Crippen LogP contribution in [0, 0.1) is 5.92 Å². The molecule has 5 rings (SSSR count). The quantitative estimate of drug-likeness (QED) is 0.233. The SMILES string of the molecule is CCCN(CC1CC1)c1ccc(Nc2ncnc3cc(OCCOC)c(OC)cc23)cc1C1=CC(=O)C=CC1=O. The number of carbonyl (C=O) groups is 2. The number of anilines is 3. The number of aromatic nitrogens is 2. The van der Waals surface area contributed by atoms with Crippen LogP contribution in [0.4, 0.5) is 17.2 Å². The van der Waals surface area contributed by atoms with Crippen LogP contribution in [0.3, 0.4) is 0 Å². The number of allylic oxidation sites excluding steroid dienone is 4. The molecule has 9 heteroatoms. The van der Waals surface area contributed by atoms with Gasteiger partial charge in [0.1, 0.15) is 18.8 Å². The Hall–Kier alpha value is -4.24. The Balaban J connectivity index is 1.53. The molecule has 40 heavy (non-hydrogen) atoms. The third-order valence-corrected chi connectivity index (χ3v) is 6.98. The summed E-state index contributed by atoms with van der Waals surface area (Å²) in [7, 11) is 3.20. The number of methoxy groups -OCH3 is 2. The van der Waals surface area contributed by atoms with Crippen molar-refractivity contribution >= 4 is 45.2 Å². The first kappa shape index (κ1) is 27.3. The fraction of sp³-hybridized carbons (Fsp3) is 0.355. The molecule has 2 aromatic carbocycles. The van der Waals surface area contributed by atoms with Gasteiger partial charge in [0.05, 0.1) is 19.2 Å². The Labute approximate surface area is 233 Å². The van der Waals surface area contributed by atoms with Crippen LogP contribution < -0.4 is 19.7 Å². The number of hydrogen-bond donors (Lipinski definition) is 1. The summed E-state index contributed by atoms with van der Waals surface area (Å²) in [5, 5.41) is 4.15. The minimum absolute atomic E-state index is 0.181. The fourth-order valence-electron chi connectivity index (χ4n) is 4.82. The van der Waals surface area contributed by atoms with Crippen LogP contribution >= 0.6 is 0 Å². The van der Waals surface area contributed by atoms with Crippen LogP contribution in [0.5, 0.6) is 11.5 Å². The zero-order valence-electron chi connectivity index (χ0n) is 23.1. The number of ketones is 2. The van der Waals surface area contributed by atoms with Gasteiger partial charge in [-0.2, -0.15) is 0 Å². The molecule has 2 aliphatic rings. The Kier molecular flexibility index (Phi) is 8.40. The lowest BCUT2D eigenvalue weighted by Crippen LogP contribution is -2.28. The number of hydrogen-bond acceptors (Lipinski definition) is 9. The van der Waals surface area contributed by atoms with Crippen molar-refractivity contribution < 1.29 is 23.8 Å². The molecule has 9 nitrogen and oxygen atoms in total. The molecule has 1 fully saturated rings. The summed E-state index contributed by atoms with van der Waals surface area (Å²) in [5.41, 5.74) is 3.49. The molecule has 0 spiro atoms. The Morgan fingerprint density at radius 3 is 2.62 bits per heavy atom. The third-order valence-electron chi connectivity index (χ3n) is 6.98. The van der Waals surface area contributed by atoms with E-state index in [-0.39, 0.29) is 11.6 Å². The summed E-state index contributed by atoms with van der Waals surface area (Å²) in [6.45, 7) is 4.78. The van der Waals surface area contributed by atoms with Crippen LogP contribution in [0.25, 0.3) is 16.5 Å². The number of ether oxygens (including phenoxy) is 3. The monoisotopic (exact) mass is 542 g/mol. The largest absolute Gasteiger partial charge is 0.493 e. The summed E-state index contributed by atoms with van der Waals surface area (Å²) < 4.78 is 16.5. The van der Waals surface area contributed by atoms with Gasteiger partial charge in [-0.1, -0.05) is 6.92 Å². The van der Waals surface area contributed by atoms with E-state index in [1.165, 1.54) is 37.4 Å². The average Bonchev–Trinajstić information content (AvgIpc) is 3.78. The predicted octanol–water partition coefficient (Wildman–Crippen LogP) is 5.13. The average molecular weight is 543 g/mol. The van der Waals surface area contributed by atoms with Crippen LogP contribution in [-0.2, 0) is 14.3 Å². The van der Waals surface area contributed by atoms with Crippen molar-refractivity contribution in [3.8, 4) is 11.5 Å². The van der Waals surface area contributed by atoms with Gasteiger partial charge in [-0.25, -0.2) is 9.97 Å². The summed E-state index contributed by atoms with van der Waals surface area (Å²) in [4.78, 5) is 36.5. The number of rotatable bonds is 13. The predicted molar refractivity (Wildman–Crippen MR) is 156 cm³/mol. The van der Waals surface area contributed by atoms with Crippen LogP contribution in [-0.4, -0.2) is 62.1 Å². The van der Waals surface area contributed by atoms with E-state index in [1.54, 1.807) is 14.2 Å². The molecule has 0 radical (unpaired) electrons. The van der Waals surface area contributed by atoms with Gasteiger partial charge in [-0.3, -0.25) is 9.59 Å². The molecule has 0 amide bonds. The van der Waals surface area contributed by atoms with E-state index in [2.05, 4.69) is 27.1 Å². The number of nitrogens with zero attached hydrogens (tertiary/aromatic N) is 3. The highest BCUT2D eigenvalue weighted by Gasteiger charge is 2.27. The van der Waals surface area contributed by atoms with Crippen LogP contribution in [0.2, 0.25) is 0 Å². The maximum absolute atomic E-state index is 12.9. The fourth-order valence-corrected chi connectivity index (χ4v) is 4.82. The minimum atomic E-state index is -0.194. The number of carbonyl (C=O) groups excluding carboxylic acids is 2. The van der Waals surface area contributed by atoms with E-state index >= 15 is 0 Å². The van der Waals surface area contributed by atoms with Crippen molar-refractivity contribution in [1.82, 2.24) is 9.97 Å². The second-order valence-electron chi connectivity index (χ2n) is 9.99. The molecular formula is C31H34N4O5. The Morgan fingerprint density at radius 1 is 1.02 bits per heavy atom. The van der Waals surface area contributed by atoms with E-state index in [9.17, 15) is 9.59 Å². The van der Waals surface area contributed by atoms with Gasteiger partial charge in [0.15, 0.2) is 23.1 Å². The van der Waals surface area contributed by atoms with E-state index in [1.807, 2.05) is 30.3 Å². The second kappa shape index (κ2) is 12.3. The summed E-state index contributed by atoms with van der Waals surface area (Å²) >= 11 is 0. The molecular weight excluding hydrogens is 508 g/mol. The molecule has 1 saturated carbocycles. The molecule has 0 unspecified atom stereocenters. The zero-order valence-corrected chi connectivity index (χ0v) is 23.1. The van der Waals surface area contributed by atoms with Gasteiger partial charge in [0.25, 0.3) is 0 Å². The summed E-state index contributed by atoms with van der Waals surface area (Å²) in [5.74, 6) is 1.99. The second-order valence-corrected chi connectivity index (χ2v) is 9.99. The number of nitrogens with one attached hydrogen (secondary N) is 1. The van der Waals surface area contributed by atoms with Crippen molar-refractivity contribution in [2.75, 3.05) is 50.7 Å². The Morgan fingerprint density at radius 2 is 1.88 bits per heavy atom. The van der Waals surface area contributed by atoms with Gasteiger partial charge < -0.3 is 24.4 Å². The number of benzene rings is 2. The first-order chi connectivity index (χ1) is 19.5. The smallest absolute Gasteiger partial charge is 0.186 e. The summed E-state index contributed by atoms with van der Waals surface area (Å²) in [6, 6.07) is 9.58. The molecule has 0 aliphatic heterocycles. The van der Waals surface area contributed by atoms with Gasteiger partial charge >= 0.3 is 0 Å². The molecule has 208 valence electrons. The first-order valence-corrected chi connectivity index (χ1v) is 13.6. The topological polar surface area (TPSA) is 103 Å². The number of fused-ring (bicyclic) bond motifs is 1.